The summed E-state index contributed by atoms with van der Waals surface area (Å²) in [7, 11) is 2.91. The molecular formula is C26H28N2O7. The molecule has 2 aromatic carbocycles. The number of esters is 1. The van der Waals surface area contributed by atoms with Crippen molar-refractivity contribution >= 4 is 11.9 Å². The number of para-hydroxylation sites is 2. The van der Waals surface area contributed by atoms with E-state index in [0.29, 0.717) is 17.1 Å². The van der Waals surface area contributed by atoms with Gasteiger partial charge in [-0.05, 0) is 32.0 Å². The lowest BCUT2D eigenvalue weighted by atomic mass is 10.0. The first-order valence-corrected chi connectivity index (χ1v) is 10.9. The number of benzene rings is 2. The molecule has 0 saturated carbocycles. The number of hydrogen-bond acceptors (Lipinski definition) is 8. The number of amides is 1. The summed E-state index contributed by atoms with van der Waals surface area (Å²) in [5.74, 6) is -0.602. The van der Waals surface area contributed by atoms with Gasteiger partial charge in [0.15, 0.2) is 23.3 Å². The van der Waals surface area contributed by atoms with Crippen LogP contribution in [0.4, 0.5) is 0 Å². The van der Waals surface area contributed by atoms with Crippen LogP contribution in [0.25, 0.3) is 0 Å². The van der Waals surface area contributed by atoms with E-state index in [1.807, 2.05) is 36.4 Å². The molecule has 1 amide bonds. The van der Waals surface area contributed by atoms with Crippen molar-refractivity contribution in [1.82, 2.24) is 10.3 Å². The molecule has 0 aliphatic rings. The molecule has 3 atom stereocenters. The molecule has 3 aromatic rings. The van der Waals surface area contributed by atoms with Crippen molar-refractivity contribution in [2.45, 2.75) is 32.1 Å². The Morgan fingerprint density at radius 2 is 1.57 bits per heavy atom. The number of aromatic hydroxyl groups is 1. The molecule has 0 fully saturated rings. The highest BCUT2D eigenvalue weighted by Gasteiger charge is 2.30. The first kappa shape index (κ1) is 25.4. The Balaban J connectivity index is 1.75. The number of pyridine rings is 1. The molecule has 0 spiro atoms. The summed E-state index contributed by atoms with van der Waals surface area (Å²) in [6.45, 7) is 3.17. The summed E-state index contributed by atoms with van der Waals surface area (Å²) >= 11 is 0. The smallest absolute Gasteiger partial charge is 0.328 e. The number of rotatable bonds is 10. The van der Waals surface area contributed by atoms with Gasteiger partial charge >= 0.3 is 5.97 Å². The van der Waals surface area contributed by atoms with E-state index in [-0.39, 0.29) is 11.4 Å². The van der Waals surface area contributed by atoms with E-state index in [2.05, 4.69) is 10.3 Å². The van der Waals surface area contributed by atoms with Crippen molar-refractivity contribution in [3.05, 3.63) is 78.1 Å². The van der Waals surface area contributed by atoms with E-state index in [1.165, 1.54) is 26.3 Å². The number of aromatic nitrogens is 1. The third kappa shape index (κ3) is 6.20. The Morgan fingerprint density at radius 1 is 0.914 bits per heavy atom. The van der Waals surface area contributed by atoms with E-state index in [0.717, 1.165) is 0 Å². The van der Waals surface area contributed by atoms with Gasteiger partial charge in [0.2, 0.25) is 0 Å². The van der Waals surface area contributed by atoms with Crippen molar-refractivity contribution in [3.8, 4) is 23.0 Å². The van der Waals surface area contributed by atoms with Gasteiger partial charge in [0.05, 0.1) is 14.2 Å². The zero-order chi connectivity index (χ0) is 25.4. The van der Waals surface area contributed by atoms with Gasteiger partial charge in [-0.15, -0.1) is 0 Å². The topological polar surface area (TPSA) is 116 Å². The van der Waals surface area contributed by atoms with Crippen molar-refractivity contribution in [1.29, 1.82) is 0 Å². The summed E-state index contributed by atoms with van der Waals surface area (Å²) in [6, 6.07) is 16.8. The average molecular weight is 481 g/mol. The second kappa shape index (κ2) is 11.7. The summed E-state index contributed by atoms with van der Waals surface area (Å²) in [5.41, 5.74) is 0.428. The molecule has 0 aliphatic carbocycles. The van der Waals surface area contributed by atoms with Crippen LogP contribution in [0.15, 0.2) is 66.9 Å². The fourth-order valence-corrected chi connectivity index (χ4v) is 3.40. The van der Waals surface area contributed by atoms with Crippen molar-refractivity contribution in [2.75, 3.05) is 14.2 Å². The minimum absolute atomic E-state index is 0.0895. The summed E-state index contributed by atoms with van der Waals surface area (Å²) in [4.78, 5) is 29.3. The SMILES string of the molecule is COc1ccccc1[C@@H](Oc1ccccc1)[C@H](C)OC(=O)[C@H](C)NC(=O)c1nccc(OC)c1O. The average Bonchev–Trinajstić information content (AvgIpc) is 2.87. The second-order valence-electron chi connectivity index (χ2n) is 7.64. The third-order valence-corrected chi connectivity index (χ3v) is 5.20. The maximum atomic E-state index is 12.8. The van der Waals surface area contributed by atoms with Gasteiger partial charge in [-0.1, -0.05) is 36.4 Å². The van der Waals surface area contributed by atoms with Crippen LogP contribution in [0.1, 0.15) is 36.0 Å². The van der Waals surface area contributed by atoms with Crippen LogP contribution >= 0.6 is 0 Å². The number of nitrogens with zero attached hydrogens (tertiary/aromatic N) is 1. The first-order chi connectivity index (χ1) is 16.8. The molecule has 0 unspecified atom stereocenters. The molecule has 1 heterocycles. The summed E-state index contributed by atoms with van der Waals surface area (Å²) < 4.78 is 22.3. The van der Waals surface area contributed by atoms with E-state index in [9.17, 15) is 14.7 Å². The minimum Gasteiger partial charge on any atom is -0.503 e. The highest BCUT2D eigenvalue weighted by Crippen LogP contribution is 2.33. The predicted molar refractivity (Wildman–Crippen MR) is 128 cm³/mol. The van der Waals surface area contributed by atoms with Gasteiger partial charge in [-0.3, -0.25) is 4.79 Å². The summed E-state index contributed by atoms with van der Waals surface area (Å²) in [5, 5.41) is 12.6. The van der Waals surface area contributed by atoms with E-state index < -0.39 is 35.9 Å². The lowest BCUT2D eigenvalue weighted by molar-refractivity contribution is -0.154. The standard InChI is InChI=1S/C26H28N2O7/c1-16(28-25(30)22-23(29)21(33-4)14-15-27-22)26(31)34-17(2)24(35-18-10-6-5-7-11-18)19-12-8-9-13-20(19)32-3/h5-17,24,29H,1-4H3,(H,28,30)/t16-,17-,24-/m0/s1. The number of methoxy groups -OCH3 is 2. The molecule has 3 rings (SSSR count). The minimum atomic E-state index is -1.03. The van der Waals surface area contributed by atoms with Crippen LogP contribution in [0, 0.1) is 0 Å². The van der Waals surface area contributed by atoms with Gasteiger partial charge in [0, 0.05) is 17.8 Å². The third-order valence-electron chi connectivity index (χ3n) is 5.20. The maximum absolute atomic E-state index is 12.8. The molecule has 0 bridgehead atoms. The van der Waals surface area contributed by atoms with Crippen LogP contribution in [-0.4, -0.2) is 48.3 Å². The Morgan fingerprint density at radius 3 is 2.26 bits per heavy atom. The number of carbonyl (C=O) groups excluding carboxylic acids is 2. The molecule has 2 N–H and O–H groups in total. The van der Waals surface area contributed by atoms with Crippen molar-refractivity contribution in [3.63, 3.8) is 0 Å². The molecule has 1 aromatic heterocycles. The highest BCUT2D eigenvalue weighted by molar-refractivity contribution is 5.97. The van der Waals surface area contributed by atoms with Gasteiger partial charge in [-0.2, -0.15) is 0 Å². The normalized spacial score (nSPS) is 13.1. The van der Waals surface area contributed by atoms with Gasteiger partial charge in [0.25, 0.3) is 5.91 Å². The lowest BCUT2D eigenvalue weighted by Gasteiger charge is -2.27. The number of hydrogen-bond donors (Lipinski definition) is 2. The molecule has 184 valence electrons. The molecule has 0 radical (unpaired) electrons. The van der Waals surface area contributed by atoms with Crippen molar-refractivity contribution < 1.29 is 33.6 Å². The first-order valence-electron chi connectivity index (χ1n) is 10.9. The molecule has 0 aliphatic heterocycles. The fraction of sp³-hybridized carbons (Fsp3) is 0.269. The monoisotopic (exact) mass is 480 g/mol. The fourth-order valence-electron chi connectivity index (χ4n) is 3.40. The molecule has 35 heavy (non-hydrogen) atoms. The highest BCUT2D eigenvalue weighted by atomic mass is 16.6. The van der Waals surface area contributed by atoms with Crippen LogP contribution in [0.5, 0.6) is 23.0 Å². The Hall–Kier alpha value is -4.27. The maximum Gasteiger partial charge on any atom is 0.328 e. The predicted octanol–water partition coefficient (Wildman–Crippen LogP) is 3.67. The Bertz CT molecular complexity index is 1150. The molecular weight excluding hydrogens is 452 g/mol. The second-order valence-corrected chi connectivity index (χ2v) is 7.64. The molecule has 9 nitrogen and oxygen atoms in total. The van der Waals surface area contributed by atoms with E-state index in [1.54, 1.807) is 32.2 Å². The van der Waals surface area contributed by atoms with Crippen LogP contribution in [0.3, 0.4) is 0 Å². The van der Waals surface area contributed by atoms with Crippen LogP contribution in [0.2, 0.25) is 0 Å². The van der Waals surface area contributed by atoms with E-state index >= 15 is 0 Å². The van der Waals surface area contributed by atoms with Gasteiger partial charge in [-0.25, -0.2) is 9.78 Å². The number of carbonyl (C=O) groups is 2. The molecule has 0 saturated heterocycles. The van der Waals surface area contributed by atoms with E-state index in [4.69, 9.17) is 18.9 Å². The Labute approximate surface area is 203 Å². The van der Waals surface area contributed by atoms with Gasteiger partial charge < -0.3 is 29.4 Å². The zero-order valence-corrected chi connectivity index (χ0v) is 19.9. The number of ether oxygens (including phenoxy) is 4. The molecule has 9 heteroatoms. The van der Waals surface area contributed by atoms with Crippen molar-refractivity contribution in [2.24, 2.45) is 0 Å². The van der Waals surface area contributed by atoms with Crippen LogP contribution in [-0.2, 0) is 9.53 Å². The lowest BCUT2D eigenvalue weighted by Crippen LogP contribution is -2.42. The zero-order valence-electron chi connectivity index (χ0n) is 19.9. The quantitative estimate of drug-likeness (QED) is 0.422. The van der Waals surface area contributed by atoms with Crippen LogP contribution < -0.4 is 19.5 Å². The largest absolute Gasteiger partial charge is 0.503 e. The number of nitrogens with one attached hydrogen (secondary N) is 1. The Kier molecular flexibility index (Phi) is 8.50. The summed E-state index contributed by atoms with van der Waals surface area (Å²) in [6.07, 6.45) is -0.122. The van der Waals surface area contributed by atoms with Gasteiger partial charge in [0.1, 0.15) is 23.6 Å².